The van der Waals surface area contributed by atoms with E-state index in [0.29, 0.717) is 45.1 Å². The first-order chi connectivity index (χ1) is 24.8. The van der Waals surface area contributed by atoms with Crippen LogP contribution in [0.15, 0.2) is 0 Å². The van der Waals surface area contributed by atoms with E-state index in [2.05, 4.69) is 41.0 Å². The number of hydrogen-bond acceptors (Lipinski definition) is 7. The summed E-state index contributed by atoms with van der Waals surface area (Å²) in [5.74, 6) is -0.158. The lowest BCUT2D eigenvalue weighted by molar-refractivity contribution is -0.146. The zero-order valence-electron chi connectivity index (χ0n) is 32.8. The smallest absolute Gasteiger partial charge is 0.315 e. The molecule has 4 saturated carbocycles. The van der Waals surface area contributed by atoms with E-state index in [1.54, 1.807) is 18.7 Å². The van der Waals surface area contributed by atoms with Gasteiger partial charge in [0.05, 0.1) is 28.6 Å². The molecule has 1 saturated heterocycles. The van der Waals surface area contributed by atoms with Gasteiger partial charge in [0.2, 0.25) is 17.6 Å². The number of carbonyl (C=O) groups excluding carboxylic acids is 5. The number of ketones is 1. The molecule has 53 heavy (non-hydrogen) atoms. The molecule has 1 unspecified atom stereocenters. The number of piperidine rings is 1. The van der Waals surface area contributed by atoms with Crippen LogP contribution in [0.4, 0.5) is 4.79 Å². The average molecular weight is 758 g/mol. The number of likely N-dealkylation sites (tertiary alicyclic amines) is 1. The SMILES string of the molecule is C#CCNC(=O)C(=O)C(CC1CC1)NC(=O)[C@@H]1[C@@H]2[C@H](CN1C(=O)[C@@H](NC(=O)NC1(CS(=O)(=O)C(C)(C)CC)CCCCC1)C1(C)CCCCC1)C2(C)C. The predicted octanol–water partition coefficient (Wildman–Crippen LogP) is 4.02. The fraction of sp³-hybridized carbons (Fsp3) is 0.825. The molecule has 5 rings (SSSR count). The largest absolute Gasteiger partial charge is 0.344 e. The summed E-state index contributed by atoms with van der Waals surface area (Å²) in [5, 5.41) is 11.5. The third-order valence-electron chi connectivity index (χ3n) is 13.8. The molecule has 5 fully saturated rings. The Hall–Kier alpha value is -3.14. The van der Waals surface area contributed by atoms with Crippen LogP contribution in [0.3, 0.4) is 0 Å². The van der Waals surface area contributed by atoms with Crippen molar-refractivity contribution in [2.45, 2.75) is 160 Å². The van der Waals surface area contributed by atoms with Crippen molar-refractivity contribution in [3.63, 3.8) is 0 Å². The van der Waals surface area contributed by atoms with Gasteiger partial charge in [0.15, 0.2) is 9.84 Å². The Kier molecular flexibility index (Phi) is 12.0. The number of terminal acetylenes is 1. The lowest BCUT2D eigenvalue weighted by atomic mass is 9.70. The minimum Gasteiger partial charge on any atom is -0.344 e. The number of sulfone groups is 1. The molecule has 5 amide bonds. The van der Waals surface area contributed by atoms with Crippen LogP contribution in [0.5, 0.6) is 0 Å². The molecule has 0 spiro atoms. The van der Waals surface area contributed by atoms with E-state index in [-0.39, 0.29) is 41.4 Å². The second-order valence-electron chi connectivity index (χ2n) is 18.3. The molecule has 1 aliphatic heterocycles. The Bertz CT molecular complexity index is 1580. The van der Waals surface area contributed by atoms with Crippen LogP contribution in [-0.2, 0) is 29.0 Å². The molecule has 0 aromatic rings. The van der Waals surface area contributed by atoms with Gasteiger partial charge in [-0.2, -0.15) is 0 Å². The number of fused-ring (bicyclic) bond motifs is 1. The van der Waals surface area contributed by atoms with E-state index >= 15 is 0 Å². The topological polar surface area (TPSA) is 171 Å². The van der Waals surface area contributed by atoms with E-state index in [0.717, 1.165) is 51.4 Å². The highest BCUT2D eigenvalue weighted by atomic mass is 32.2. The van der Waals surface area contributed by atoms with Gasteiger partial charge in [-0.3, -0.25) is 19.2 Å². The molecular formula is C40H63N5O7S. The minimum absolute atomic E-state index is 0.0602. The van der Waals surface area contributed by atoms with Gasteiger partial charge in [-0.05, 0) is 81.0 Å². The van der Waals surface area contributed by atoms with Gasteiger partial charge in [-0.25, -0.2) is 13.2 Å². The number of nitrogens with zero attached hydrogens (tertiary/aromatic N) is 1. The molecule has 12 nitrogen and oxygen atoms in total. The molecule has 0 bridgehead atoms. The molecule has 4 aliphatic carbocycles. The van der Waals surface area contributed by atoms with Crippen molar-refractivity contribution in [3.8, 4) is 12.3 Å². The number of carbonyl (C=O) groups is 5. The highest BCUT2D eigenvalue weighted by molar-refractivity contribution is 7.92. The highest BCUT2D eigenvalue weighted by Gasteiger charge is 2.70. The van der Waals surface area contributed by atoms with Crippen LogP contribution in [0.2, 0.25) is 0 Å². The van der Waals surface area contributed by atoms with Gasteiger partial charge in [-0.1, -0.05) is 85.0 Å². The molecular weight excluding hydrogens is 695 g/mol. The van der Waals surface area contributed by atoms with Gasteiger partial charge >= 0.3 is 6.03 Å². The number of urea groups is 1. The monoisotopic (exact) mass is 757 g/mol. The van der Waals surface area contributed by atoms with Crippen molar-refractivity contribution in [2.24, 2.45) is 28.6 Å². The first-order valence-corrected chi connectivity index (χ1v) is 21.6. The molecule has 13 heteroatoms. The first kappa shape index (κ1) is 41.0. The second-order valence-corrected chi connectivity index (χ2v) is 21.0. The lowest BCUT2D eigenvalue weighted by Gasteiger charge is -2.44. The highest BCUT2D eigenvalue weighted by Crippen LogP contribution is 2.65. The zero-order valence-corrected chi connectivity index (χ0v) is 33.6. The number of hydrogen-bond donors (Lipinski definition) is 4. The Balaban J connectivity index is 1.40. The van der Waals surface area contributed by atoms with Crippen LogP contribution >= 0.6 is 0 Å². The average Bonchev–Trinajstić information content (AvgIpc) is 3.96. The van der Waals surface area contributed by atoms with Gasteiger partial charge in [0.1, 0.15) is 12.1 Å². The number of nitrogens with one attached hydrogen (secondary N) is 4. The maximum absolute atomic E-state index is 14.9. The summed E-state index contributed by atoms with van der Waals surface area (Å²) in [6.45, 7) is 11.7. The summed E-state index contributed by atoms with van der Waals surface area (Å²) in [7, 11) is -3.58. The molecule has 5 aliphatic rings. The van der Waals surface area contributed by atoms with E-state index in [1.165, 1.54) is 0 Å². The zero-order chi connectivity index (χ0) is 39.0. The van der Waals surface area contributed by atoms with Gasteiger partial charge in [0, 0.05) is 6.54 Å². The van der Waals surface area contributed by atoms with Crippen molar-refractivity contribution in [1.82, 2.24) is 26.2 Å². The van der Waals surface area contributed by atoms with E-state index in [9.17, 15) is 32.4 Å². The third-order valence-corrected chi connectivity index (χ3v) is 16.7. The van der Waals surface area contributed by atoms with Crippen molar-refractivity contribution < 1.29 is 32.4 Å². The van der Waals surface area contributed by atoms with Crippen molar-refractivity contribution >= 4 is 39.4 Å². The number of Topliss-reactive ketones (excluding diaryl/α,β-unsaturated/α-hetero) is 1. The summed E-state index contributed by atoms with van der Waals surface area (Å²) in [5.41, 5.74) is -1.75. The van der Waals surface area contributed by atoms with Crippen molar-refractivity contribution in [1.29, 1.82) is 0 Å². The summed E-state index contributed by atoms with van der Waals surface area (Å²) < 4.78 is 26.4. The van der Waals surface area contributed by atoms with Crippen LogP contribution in [0.25, 0.3) is 0 Å². The summed E-state index contributed by atoms with van der Waals surface area (Å²) in [6.07, 6.45) is 15.7. The number of amides is 5. The second kappa shape index (κ2) is 15.5. The van der Waals surface area contributed by atoms with Crippen LogP contribution in [0, 0.1) is 40.9 Å². The fourth-order valence-electron chi connectivity index (χ4n) is 9.43. The molecule has 0 aromatic carbocycles. The standard InChI is InChI=1S/C40H63N5O7S/c1-8-22-41-34(48)31(46)28(23-26-16-17-26)42-33(47)30-29-27(38(29,5)6)24-45(30)35(49)32(39(7)18-12-10-13-19-39)43-36(50)44-40(20-14-11-15-21-40)25-53(51,52)37(3,4)9-2/h1,26-30,32H,9-25H2,2-7H3,(H,41,48)(H,42,47)(H2,43,44,50)/t27-,28?,29-,30-,32+/m0/s1. The maximum atomic E-state index is 14.9. The quantitative estimate of drug-likeness (QED) is 0.144. The fourth-order valence-corrected chi connectivity index (χ4v) is 11.4. The van der Waals surface area contributed by atoms with Gasteiger partial charge < -0.3 is 26.2 Å². The number of rotatable bonds is 15. The first-order valence-electron chi connectivity index (χ1n) is 20.0. The Labute approximate surface area is 316 Å². The molecule has 4 N–H and O–H groups in total. The molecule has 1 heterocycles. The van der Waals surface area contributed by atoms with E-state index in [4.69, 9.17) is 6.42 Å². The Morgan fingerprint density at radius 1 is 0.925 bits per heavy atom. The van der Waals surface area contributed by atoms with E-state index in [1.807, 2.05) is 13.8 Å². The maximum Gasteiger partial charge on any atom is 0.315 e. The van der Waals surface area contributed by atoms with Crippen molar-refractivity contribution in [2.75, 3.05) is 18.8 Å². The molecule has 5 atom stereocenters. The summed E-state index contributed by atoms with van der Waals surface area (Å²) in [4.78, 5) is 70.9. The normalized spacial score (nSPS) is 26.9. The summed E-state index contributed by atoms with van der Waals surface area (Å²) in [6, 6.07) is -3.44. The lowest BCUT2D eigenvalue weighted by Crippen LogP contribution is -2.65. The molecule has 296 valence electrons. The van der Waals surface area contributed by atoms with E-state index < -0.39 is 67.3 Å². The van der Waals surface area contributed by atoms with Crippen LogP contribution < -0.4 is 21.3 Å². The van der Waals surface area contributed by atoms with Crippen LogP contribution in [-0.4, -0.2) is 90.1 Å². The van der Waals surface area contributed by atoms with Gasteiger partial charge in [0.25, 0.3) is 5.91 Å². The Morgan fingerprint density at radius 2 is 1.53 bits per heavy atom. The third kappa shape index (κ3) is 8.73. The minimum atomic E-state index is -3.58. The molecule has 0 radical (unpaired) electrons. The van der Waals surface area contributed by atoms with Gasteiger partial charge in [-0.15, -0.1) is 6.42 Å². The van der Waals surface area contributed by atoms with Crippen molar-refractivity contribution in [3.05, 3.63) is 0 Å². The Morgan fingerprint density at radius 3 is 2.09 bits per heavy atom. The molecule has 0 aromatic heterocycles. The summed E-state index contributed by atoms with van der Waals surface area (Å²) >= 11 is 0. The predicted molar refractivity (Wildman–Crippen MR) is 203 cm³/mol. The van der Waals surface area contributed by atoms with Crippen LogP contribution in [0.1, 0.15) is 131 Å².